The van der Waals surface area contributed by atoms with Gasteiger partial charge in [0.25, 0.3) is 0 Å². The molecule has 1 amide bonds. The zero-order chi connectivity index (χ0) is 12.1. The molecule has 0 saturated carbocycles. The summed E-state index contributed by atoms with van der Waals surface area (Å²) >= 11 is 5.16. The Kier molecular flexibility index (Phi) is 7.22. The number of carbonyl (C=O) groups is 1. The van der Waals surface area contributed by atoms with E-state index in [0.717, 1.165) is 36.1 Å². The maximum Gasteiger partial charge on any atom is 0.237 e. The van der Waals surface area contributed by atoms with E-state index in [9.17, 15) is 4.79 Å². The van der Waals surface area contributed by atoms with Gasteiger partial charge in [-0.25, -0.2) is 0 Å². The van der Waals surface area contributed by atoms with Crippen LogP contribution in [0.1, 0.15) is 24.1 Å². The van der Waals surface area contributed by atoms with E-state index in [0.29, 0.717) is 0 Å². The fraction of sp³-hybridized carbons (Fsp3) is 0.583. The van der Waals surface area contributed by atoms with E-state index < -0.39 is 0 Å². The van der Waals surface area contributed by atoms with Gasteiger partial charge in [0.15, 0.2) is 0 Å². The van der Waals surface area contributed by atoms with E-state index in [2.05, 4.69) is 32.6 Å². The van der Waals surface area contributed by atoms with Crippen molar-refractivity contribution in [3.63, 3.8) is 0 Å². The van der Waals surface area contributed by atoms with Gasteiger partial charge in [-0.05, 0) is 53.9 Å². The normalized spacial score (nSPS) is 19.1. The molecular weight excluding hydrogens is 336 g/mol. The minimum absolute atomic E-state index is 0. The molecule has 2 heterocycles. The predicted molar refractivity (Wildman–Crippen MR) is 81.6 cm³/mol. The van der Waals surface area contributed by atoms with Gasteiger partial charge in [0.1, 0.15) is 0 Å². The molecule has 0 radical (unpaired) electrons. The highest BCUT2D eigenvalue weighted by Gasteiger charge is 2.19. The quantitative estimate of drug-likeness (QED) is 0.874. The minimum Gasteiger partial charge on any atom is -0.354 e. The first-order valence-corrected chi connectivity index (χ1v) is 7.62. The van der Waals surface area contributed by atoms with Gasteiger partial charge in [0, 0.05) is 11.4 Å². The van der Waals surface area contributed by atoms with Crippen LogP contribution in [0.5, 0.6) is 0 Å². The number of amides is 1. The van der Waals surface area contributed by atoms with Crippen LogP contribution in [0.15, 0.2) is 15.9 Å². The molecule has 1 atom stereocenters. The van der Waals surface area contributed by atoms with Crippen LogP contribution in [-0.4, -0.2) is 25.0 Å². The molecule has 0 aromatic carbocycles. The number of carbonyl (C=O) groups excluding carboxylic acids is 1. The van der Waals surface area contributed by atoms with E-state index in [4.69, 9.17) is 0 Å². The van der Waals surface area contributed by atoms with Crippen molar-refractivity contribution in [2.45, 2.75) is 31.7 Å². The van der Waals surface area contributed by atoms with Crippen LogP contribution in [0.2, 0.25) is 0 Å². The molecular formula is C12H18BrClN2OS. The predicted octanol–water partition coefficient (Wildman–Crippen LogP) is 2.73. The van der Waals surface area contributed by atoms with Crippen LogP contribution in [0.25, 0.3) is 0 Å². The second-order valence-electron chi connectivity index (χ2n) is 4.25. The first-order valence-electron chi connectivity index (χ1n) is 6.01. The lowest BCUT2D eigenvalue weighted by atomic mass is 10.0. The Morgan fingerprint density at radius 1 is 1.50 bits per heavy atom. The fourth-order valence-electron chi connectivity index (χ4n) is 1.99. The molecule has 1 aromatic heterocycles. The molecule has 0 unspecified atom stereocenters. The van der Waals surface area contributed by atoms with Crippen LogP contribution in [0.4, 0.5) is 0 Å². The van der Waals surface area contributed by atoms with E-state index in [-0.39, 0.29) is 24.4 Å². The summed E-state index contributed by atoms with van der Waals surface area (Å²) in [5.74, 6) is 0.153. The third-order valence-electron chi connectivity index (χ3n) is 2.93. The van der Waals surface area contributed by atoms with Gasteiger partial charge < -0.3 is 10.6 Å². The molecule has 0 spiro atoms. The number of hydrogen-bond donors (Lipinski definition) is 2. The summed E-state index contributed by atoms with van der Waals surface area (Å²) in [6, 6.07) is 4.17. The summed E-state index contributed by atoms with van der Waals surface area (Å²) in [5.41, 5.74) is 0. The highest BCUT2D eigenvalue weighted by Crippen LogP contribution is 2.22. The van der Waals surface area contributed by atoms with Crippen LogP contribution in [0, 0.1) is 0 Å². The van der Waals surface area contributed by atoms with Gasteiger partial charge in [-0.15, -0.1) is 23.7 Å². The number of piperidine rings is 1. The maximum atomic E-state index is 11.8. The van der Waals surface area contributed by atoms with Gasteiger partial charge in [0.05, 0.1) is 9.83 Å². The Bertz CT molecular complexity index is 380. The second-order valence-corrected chi connectivity index (χ2v) is 6.80. The fourth-order valence-corrected chi connectivity index (χ4v) is 3.48. The third kappa shape index (κ3) is 4.88. The Hall–Kier alpha value is -0.100. The zero-order valence-corrected chi connectivity index (χ0v) is 13.3. The molecule has 18 heavy (non-hydrogen) atoms. The molecule has 1 saturated heterocycles. The van der Waals surface area contributed by atoms with Gasteiger partial charge in [-0.1, -0.05) is 6.42 Å². The third-order valence-corrected chi connectivity index (χ3v) is 4.61. The van der Waals surface area contributed by atoms with Crippen molar-refractivity contribution in [3.05, 3.63) is 20.8 Å². The number of nitrogens with one attached hydrogen (secondary N) is 2. The van der Waals surface area contributed by atoms with E-state index in [1.54, 1.807) is 11.3 Å². The summed E-state index contributed by atoms with van der Waals surface area (Å²) in [6.45, 7) is 1.69. The lowest BCUT2D eigenvalue weighted by Gasteiger charge is -2.22. The van der Waals surface area contributed by atoms with Crippen molar-refractivity contribution in [1.29, 1.82) is 0 Å². The number of hydrogen-bond acceptors (Lipinski definition) is 3. The molecule has 2 N–H and O–H groups in total. The highest BCUT2D eigenvalue weighted by molar-refractivity contribution is 9.11. The lowest BCUT2D eigenvalue weighted by molar-refractivity contribution is -0.123. The minimum atomic E-state index is 0. The number of thiophene rings is 1. The number of halogens is 2. The smallest absolute Gasteiger partial charge is 0.237 e. The monoisotopic (exact) mass is 352 g/mol. The Labute approximate surface area is 126 Å². The molecule has 0 bridgehead atoms. The molecule has 2 rings (SSSR count). The molecule has 1 aromatic rings. The van der Waals surface area contributed by atoms with E-state index in [1.807, 2.05) is 6.07 Å². The SMILES string of the molecule is Cl.O=C(NCCc1ccc(Br)s1)[C@@H]1CCCCN1. The van der Waals surface area contributed by atoms with E-state index >= 15 is 0 Å². The number of rotatable bonds is 4. The van der Waals surface area contributed by atoms with Gasteiger partial charge in [0.2, 0.25) is 5.91 Å². The molecule has 0 aliphatic carbocycles. The van der Waals surface area contributed by atoms with Crippen molar-refractivity contribution < 1.29 is 4.79 Å². The van der Waals surface area contributed by atoms with Crippen LogP contribution < -0.4 is 10.6 Å². The van der Waals surface area contributed by atoms with Crippen LogP contribution in [-0.2, 0) is 11.2 Å². The average molecular weight is 354 g/mol. The largest absolute Gasteiger partial charge is 0.354 e. The summed E-state index contributed by atoms with van der Waals surface area (Å²) in [6.07, 6.45) is 4.22. The summed E-state index contributed by atoms with van der Waals surface area (Å²) in [7, 11) is 0. The van der Waals surface area contributed by atoms with Gasteiger partial charge in [-0.3, -0.25) is 4.79 Å². The van der Waals surface area contributed by atoms with Crippen molar-refractivity contribution in [2.24, 2.45) is 0 Å². The summed E-state index contributed by atoms with van der Waals surface area (Å²) in [4.78, 5) is 13.1. The zero-order valence-electron chi connectivity index (χ0n) is 10.1. The Balaban J connectivity index is 0.00000162. The van der Waals surface area contributed by atoms with E-state index in [1.165, 1.54) is 11.3 Å². The molecule has 3 nitrogen and oxygen atoms in total. The topological polar surface area (TPSA) is 41.1 Å². The molecule has 1 aliphatic rings. The Morgan fingerprint density at radius 2 is 2.33 bits per heavy atom. The maximum absolute atomic E-state index is 11.8. The molecule has 1 fully saturated rings. The highest BCUT2D eigenvalue weighted by atomic mass is 79.9. The van der Waals surface area contributed by atoms with Crippen LogP contribution >= 0.6 is 39.7 Å². The van der Waals surface area contributed by atoms with Crippen molar-refractivity contribution in [3.8, 4) is 0 Å². The first kappa shape index (κ1) is 16.0. The van der Waals surface area contributed by atoms with Crippen LogP contribution in [0.3, 0.4) is 0 Å². The molecule has 6 heteroatoms. The standard InChI is InChI=1S/C12H17BrN2OS.ClH/c13-11-5-4-9(17-11)6-8-15-12(16)10-3-1-2-7-14-10;/h4-5,10,14H,1-3,6-8H2,(H,15,16);1H/t10-;/m0./s1. The first-order chi connectivity index (χ1) is 8.25. The Morgan fingerprint density at radius 3 is 2.94 bits per heavy atom. The summed E-state index contributed by atoms with van der Waals surface area (Å²) < 4.78 is 1.15. The van der Waals surface area contributed by atoms with Crippen molar-refractivity contribution >= 4 is 45.6 Å². The van der Waals surface area contributed by atoms with Gasteiger partial charge in [-0.2, -0.15) is 0 Å². The molecule has 102 valence electrons. The van der Waals surface area contributed by atoms with Gasteiger partial charge >= 0.3 is 0 Å². The lowest BCUT2D eigenvalue weighted by Crippen LogP contribution is -2.47. The average Bonchev–Trinajstić information content (AvgIpc) is 2.76. The second kappa shape index (κ2) is 8.15. The summed E-state index contributed by atoms with van der Waals surface area (Å²) in [5, 5.41) is 6.25. The van der Waals surface area contributed by atoms with Crippen molar-refractivity contribution in [1.82, 2.24) is 10.6 Å². The molecule has 1 aliphatic heterocycles. The van der Waals surface area contributed by atoms with Crippen molar-refractivity contribution in [2.75, 3.05) is 13.1 Å².